The fourth-order valence-corrected chi connectivity index (χ4v) is 4.01. The number of nitrogens with one attached hydrogen (secondary N) is 1. The molecule has 1 amide bonds. The van der Waals surface area contributed by atoms with Crippen molar-refractivity contribution in [1.82, 2.24) is 10.2 Å². The van der Waals surface area contributed by atoms with Gasteiger partial charge in [-0.2, -0.15) is 0 Å². The highest BCUT2D eigenvalue weighted by Crippen LogP contribution is 2.41. The van der Waals surface area contributed by atoms with E-state index in [0.29, 0.717) is 0 Å². The van der Waals surface area contributed by atoms with E-state index in [4.69, 9.17) is 19.9 Å². The Balaban J connectivity index is 1.81. The van der Waals surface area contributed by atoms with Crippen LogP contribution in [0.3, 0.4) is 0 Å². The Kier molecular flexibility index (Phi) is 5.53. The molecule has 0 radical (unpaired) electrons. The highest BCUT2D eigenvalue weighted by Gasteiger charge is 2.39. The number of carbonyl (C=O) groups is 1. The lowest BCUT2D eigenvalue weighted by Gasteiger charge is -2.46. The fraction of sp³-hybridized carbons (Fsp3) is 0.650. The zero-order chi connectivity index (χ0) is 19.8. The summed E-state index contributed by atoms with van der Waals surface area (Å²) in [5.41, 5.74) is 8.32. The Labute approximate surface area is 161 Å². The third-order valence-corrected chi connectivity index (χ3v) is 5.25. The predicted octanol–water partition coefficient (Wildman–Crippen LogP) is 2.23. The topological polar surface area (TPSA) is 86.0 Å². The summed E-state index contributed by atoms with van der Waals surface area (Å²) in [6, 6.07) is 4.05. The zero-order valence-corrected chi connectivity index (χ0v) is 16.9. The summed E-state index contributed by atoms with van der Waals surface area (Å²) in [6.45, 7) is 7.24. The molecule has 0 aliphatic carbocycles. The lowest BCUT2D eigenvalue weighted by atomic mass is 9.83. The number of hydrogen-bond acceptors (Lipinski definition) is 6. The molecule has 150 valence electrons. The number of nitrogens with two attached hydrogens (primary N) is 1. The molecule has 3 N–H and O–H groups in total. The number of rotatable bonds is 3. The van der Waals surface area contributed by atoms with Crippen molar-refractivity contribution < 1.29 is 19.0 Å². The van der Waals surface area contributed by atoms with Gasteiger partial charge in [-0.25, -0.2) is 4.79 Å². The van der Waals surface area contributed by atoms with Gasteiger partial charge in [0.2, 0.25) is 0 Å². The fourth-order valence-electron chi connectivity index (χ4n) is 4.01. The summed E-state index contributed by atoms with van der Waals surface area (Å²) >= 11 is 0. The van der Waals surface area contributed by atoms with Crippen molar-refractivity contribution in [3.8, 4) is 11.5 Å². The lowest BCUT2D eigenvalue weighted by Crippen LogP contribution is -2.60. The van der Waals surface area contributed by atoms with Crippen LogP contribution in [-0.2, 0) is 11.2 Å². The summed E-state index contributed by atoms with van der Waals surface area (Å²) in [6.07, 6.45) is 1.27. The number of piperidine rings is 1. The van der Waals surface area contributed by atoms with Crippen molar-refractivity contribution in [3.05, 3.63) is 23.3 Å². The molecule has 0 bridgehead atoms. The third kappa shape index (κ3) is 4.30. The minimum Gasteiger partial charge on any atom is -0.493 e. The number of carbonyl (C=O) groups excluding carboxylic acids is 1. The number of fused-ring (bicyclic) bond motifs is 3. The van der Waals surface area contributed by atoms with Crippen molar-refractivity contribution >= 4 is 6.09 Å². The number of hydrogen-bond donors (Lipinski definition) is 2. The zero-order valence-electron chi connectivity index (χ0n) is 16.9. The van der Waals surface area contributed by atoms with Crippen LogP contribution in [0.15, 0.2) is 12.1 Å². The summed E-state index contributed by atoms with van der Waals surface area (Å²) in [5, 5.41) is 2.97. The molecule has 1 fully saturated rings. The molecule has 0 unspecified atom stereocenters. The predicted molar refractivity (Wildman–Crippen MR) is 103 cm³/mol. The van der Waals surface area contributed by atoms with Crippen LogP contribution >= 0.6 is 0 Å². The van der Waals surface area contributed by atoms with Gasteiger partial charge in [0, 0.05) is 25.2 Å². The van der Waals surface area contributed by atoms with Gasteiger partial charge < -0.3 is 25.3 Å². The van der Waals surface area contributed by atoms with E-state index in [1.54, 1.807) is 14.2 Å². The Morgan fingerprint density at radius 3 is 2.52 bits per heavy atom. The van der Waals surface area contributed by atoms with Gasteiger partial charge in [-0.15, -0.1) is 0 Å². The monoisotopic (exact) mass is 377 g/mol. The molecule has 7 nitrogen and oxygen atoms in total. The Bertz CT molecular complexity index is 701. The lowest BCUT2D eigenvalue weighted by molar-refractivity contribution is 0.0417. The highest BCUT2D eigenvalue weighted by atomic mass is 16.6. The SMILES string of the molecule is COc1cc2c(cc1OC)[C@@H]1C[C@H](NC(=O)OC(C)(C)C)[C@H](N)CN1CC2. The summed E-state index contributed by atoms with van der Waals surface area (Å²) in [7, 11) is 3.30. The van der Waals surface area contributed by atoms with E-state index in [1.165, 1.54) is 11.1 Å². The van der Waals surface area contributed by atoms with E-state index in [0.717, 1.165) is 37.4 Å². The minimum atomic E-state index is -0.532. The van der Waals surface area contributed by atoms with Gasteiger partial charge in [0.05, 0.1) is 20.3 Å². The van der Waals surface area contributed by atoms with Gasteiger partial charge in [-0.05, 0) is 56.9 Å². The second-order valence-electron chi connectivity index (χ2n) is 8.32. The molecule has 2 aliphatic heterocycles. The number of methoxy groups -OCH3 is 2. The van der Waals surface area contributed by atoms with Crippen molar-refractivity contribution in [2.75, 3.05) is 27.3 Å². The van der Waals surface area contributed by atoms with Crippen LogP contribution in [0.4, 0.5) is 4.79 Å². The standard InChI is InChI=1S/C20H31N3O4/c1-20(2,3)27-19(24)22-15-10-16-13-9-18(26-5)17(25-4)8-12(13)6-7-23(16)11-14(15)21/h8-9,14-16H,6-7,10-11,21H2,1-5H3,(H,22,24)/t14-,15+,16+/m1/s1. The maximum Gasteiger partial charge on any atom is 0.407 e. The van der Waals surface area contributed by atoms with Gasteiger partial charge in [0.15, 0.2) is 11.5 Å². The maximum atomic E-state index is 12.2. The quantitative estimate of drug-likeness (QED) is 0.840. The van der Waals surface area contributed by atoms with Gasteiger partial charge in [-0.1, -0.05) is 0 Å². The summed E-state index contributed by atoms with van der Waals surface area (Å²) in [4.78, 5) is 14.6. The van der Waals surface area contributed by atoms with E-state index in [1.807, 2.05) is 20.8 Å². The molecule has 2 aliphatic rings. The van der Waals surface area contributed by atoms with Crippen LogP contribution in [0.5, 0.6) is 11.5 Å². The van der Waals surface area contributed by atoms with E-state index in [9.17, 15) is 4.79 Å². The van der Waals surface area contributed by atoms with Crippen LogP contribution in [-0.4, -0.2) is 56.0 Å². The minimum absolute atomic E-state index is 0.129. The normalized spacial score (nSPS) is 25.2. The first-order valence-electron chi connectivity index (χ1n) is 9.45. The second kappa shape index (κ2) is 7.56. The van der Waals surface area contributed by atoms with Gasteiger partial charge in [0.1, 0.15) is 5.60 Å². The molecule has 0 spiro atoms. The molecule has 1 aromatic rings. The highest BCUT2D eigenvalue weighted by molar-refractivity contribution is 5.68. The van der Waals surface area contributed by atoms with Crippen molar-refractivity contribution in [1.29, 1.82) is 0 Å². The van der Waals surface area contributed by atoms with Crippen LogP contribution in [0.2, 0.25) is 0 Å². The van der Waals surface area contributed by atoms with Crippen molar-refractivity contribution in [2.45, 2.75) is 57.3 Å². The molecule has 7 heteroatoms. The van der Waals surface area contributed by atoms with Crippen LogP contribution in [0, 0.1) is 0 Å². The van der Waals surface area contributed by atoms with Crippen LogP contribution in [0.25, 0.3) is 0 Å². The molecule has 2 heterocycles. The van der Waals surface area contributed by atoms with E-state index in [2.05, 4.69) is 22.3 Å². The van der Waals surface area contributed by atoms with Crippen LogP contribution in [0.1, 0.15) is 44.4 Å². The Morgan fingerprint density at radius 1 is 1.22 bits per heavy atom. The van der Waals surface area contributed by atoms with Crippen molar-refractivity contribution in [3.63, 3.8) is 0 Å². The first kappa shape index (κ1) is 19.8. The number of benzene rings is 1. The molecule has 3 atom stereocenters. The Hall–Kier alpha value is -1.99. The first-order chi connectivity index (χ1) is 12.7. The summed E-state index contributed by atoms with van der Waals surface area (Å²) < 4.78 is 16.3. The van der Waals surface area contributed by atoms with E-state index in [-0.39, 0.29) is 18.1 Å². The first-order valence-corrected chi connectivity index (χ1v) is 9.45. The van der Waals surface area contributed by atoms with Gasteiger partial charge in [-0.3, -0.25) is 4.90 Å². The molecule has 3 rings (SSSR count). The molecule has 0 aromatic heterocycles. The molecule has 0 saturated carbocycles. The average Bonchev–Trinajstić information content (AvgIpc) is 2.59. The van der Waals surface area contributed by atoms with E-state index < -0.39 is 11.7 Å². The molecular weight excluding hydrogens is 346 g/mol. The number of ether oxygens (including phenoxy) is 3. The largest absolute Gasteiger partial charge is 0.493 e. The maximum absolute atomic E-state index is 12.2. The number of amides is 1. The molecular formula is C20H31N3O4. The molecule has 1 aromatic carbocycles. The smallest absolute Gasteiger partial charge is 0.407 e. The van der Waals surface area contributed by atoms with Gasteiger partial charge in [0.25, 0.3) is 0 Å². The van der Waals surface area contributed by atoms with Crippen LogP contribution < -0.4 is 20.5 Å². The average molecular weight is 377 g/mol. The molecule has 27 heavy (non-hydrogen) atoms. The second-order valence-corrected chi connectivity index (χ2v) is 8.32. The summed E-state index contributed by atoms with van der Waals surface area (Å²) in [5.74, 6) is 1.48. The van der Waals surface area contributed by atoms with Gasteiger partial charge >= 0.3 is 6.09 Å². The Morgan fingerprint density at radius 2 is 1.89 bits per heavy atom. The van der Waals surface area contributed by atoms with E-state index >= 15 is 0 Å². The van der Waals surface area contributed by atoms with Crippen molar-refractivity contribution in [2.24, 2.45) is 5.73 Å². The third-order valence-electron chi connectivity index (χ3n) is 5.25. The number of alkyl carbamates (subject to hydrolysis) is 1. The molecule has 1 saturated heterocycles. The number of nitrogens with zero attached hydrogens (tertiary/aromatic N) is 1.